The van der Waals surface area contributed by atoms with Crippen molar-refractivity contribution in [3.63, 3.8) is 0 Å². The first-order chi connectivity index (χ1) is 13.8. The van der Waals surface area contributed by atoms with E-state index in [0.29, 0.717) is 5.69 Å². The van der Waals surface area contributed by atoms with Gasteiger partial charge in [0.1, 0.15) is 17.7 Å². The number of fused-ring (bicyclic) bond motifs is 1. The van der Waals surface area contributed by atoms with Gasteiger partial charge in [0, 0.05) is 43.3 Å². The number of hydrazine groups is 1. The minimum Gasteiger partial charge on any atom is -0.354 e. The summed E-state index contributed by atoms with van der Waals surface area (Å²) < 4.78 is 0. The number of nitriles is 1. The lowest BCUT2D eigenvalue weighted by atomic mass is 9.79. The van der Waals surface area contributed by atoms with Crippen LogP contribution in [0.25, 0.3) is 0 Å². The van der Waals surface area contributed by atoms with Crippen LogP contribution in [0.15, 0.2) is 40.8 Å². The van der Waals surface area contributed by atoms with E-state index in [1.54, 1.807) is 6.07 Å². The zero-order chi connectivity index (χ0) is 20.8. The maximum Gasteiger partial charge on any atom is 0.163 e. The van der Waals surface area contributed by atoms with Crippen molar-refractivity contribution >= 4 is 19.5 Å². The Morgan fingerprint density at radius 1 is 1.34 bits per heavy atom. The molecule has 0 spiro atoms. The molecule has 4 heterocycles. The number of nitrogens with one attached hydrogen (secondary N) is 1. The molecule has 0 aliphatic carbocycles. The van der Waals surface area contributed by atoms with Crippen molar-refractivity contribution < 1.29 is 0 Å². The van der Waals surface area contributed by atoms with Gasteiger partial charge in [-0.3, -0.25) is 4.99 Å². The zero-order valence-corrected chi connectivity index (χ0v) is 17.3. The second kappa shape index (κ2) is 7.19. The molecule has 0 saturated carbocycles. The van der Waals surface area contributed by atoms with Crippen molar-refractivity contribution in [1.82, 2.24) is 25.5 Å². The quantitative estimate of drug-likeness (QED) is 0.766. The molecule has 9 heteroatoms. The molecule has 148 valence electrons. The summed E-state index contributed by atoms with van der Waals surface area (Å²) in [6, 6.07) is 5.75. The van der Waals surface area contributed by atoms with E-state index in [1.807, 2.05) is 36.5 Å². The van der Waals surface area contributed by atoms with Crippen molar-refractivity contribution in [3.05, 3.63) is 41.5 Å². The number of aliphatic imine (C=N–C) groups is 1. The Labute approximate surface area is 173 Å². The average Bonchev–Trinajstić information content (AvgIpc) is 2.99. The molecule has 1 aromatic heterocycles. The number of hydrogen-bond acceptors (Lipinski definition) is 7. The van der Waals surface area contributed by atoms with Crippen molar-refractivity contribution in [2.45, 2.75) is 39.2 Å². The zero-order valence-electron chi connectivity index (χ0n) is 17.3. The second-order valence-corrected chi connectivity index (χ2v) is 8.46. The van der Waals surface area contributed by atoms with Crippen LogP contribution in [0.2, 0.25) is 0 Å². The van der Waals surface area contributed by atoms with Crippen LogP contribution in [0.3, 0.4) is 0 Å². The normalized spacial score (nSPS) is 27.8. The summed E-state index contributed by atoms with van der Waals surface area (Å²) >= 11 is 0. The lowest BCUT2D eigenvalue weighted by Gasteiger charge is -2.44. The minimum absolute atomic E-state index is 0.0593. The van der Waals surface area contributed by atoms with Crippen LogP contribution in [-0.2, 0) is 0 Å². The van der Waals surface area contributed by atoms with Gasteiger partial charge in [-0.05, 0) is 31.6 Å². The molecule has 0 bridgehead atoms. The molecule has 1 N–H and O–H groups in total. The van der Waals surface area contributed by atoms with Gasteiger partial charge in [0.2, 0.25) is 0 Å². The fraction of sp³-hybridized carbons (Fsp3) is 0.500. The largest absolute Gasteiger partial charge is 0.354 e. The van der Waals surface area contributed by atoms with Gasteiger partial charge in [0.05, 0.1) is 13.9 Å². The minimum atomic E-state index is -0.174. The topological polar surface area (TPSA) is 83.7 Å². The summed E-state index contributed by atoms with van der Waals surface area (Å²) in [5.74, 6) is 2.52. The summed E-state index contributed by atoms with van der Waals surface area (Å²) in [7, 11) is 8.16. The molecule has 29 heavy (non-hydrogen) atoms. The highest BCUT2D eigenvalue weighted by Gasteiger charge is 2.39. The molecule has 3 aliphatic heterocycles. The molecular formula is C20H25BN8. The van der Waals surface area contributed by atoms with Crippen LogP contribution in [0, 0.1) is 16.7 Å². The molecule has 2 atom stereocenters. The van der Waals surface area contributed by atoms with Crippen LogP contribution in [0.4, 0.5) is 5.82 Å². The Morgan fingerprint density at radius 2 is 2.14 bits per heavy atom. The van der Waals surface area contributed by atoms with Crippen LogP contribution >= 0.6 is 0 Å². The van der Waals surface area contributed by atoms with E-state index in [-0.39, 0.29) is 17.4 Å². The Hall–Kier alpha value is -2.86. The predicted molar refractivity (Wildman–Crippen MR) is 113 cm³/mol. The van der Waals surface area contributed by atoms with Crippen molar-refractivity contribution in [3.8, 4) is 6.07 Å². The Kier molecular flexibility index (Phi) is 4.83. The lowest BCUT2D eigenvalue weighted by Crippen LogP contribution is -2.51. The van der Waals surface area contributed by atoms with E-state index >= 15 is 0 Å². The summed E-state index contributed by atoms with van der Waals surface area (Å²) in [4.78, 5) is 7.42. The first kappa shape index (κ1) is 19.5. The molecule has 0 aromatic carbocycles. The van der Waals surface area contributed by atoms with Crippen molar-refractivity contribution in [2.75, 3.05) is 25.0 Å². The summed E-state index contributed by atoms with van der Waals surface area (Å²) in [5, 5.41) is 24.5. The number of rotatable bonds is 2. The Balaban J connectivity index is 1.57. The van der Waals surface area contributed by atoms with E-state index < -0.39 is 0 Å². The molecule has 1 fully saturated rings. The SMILES string of the molecule is [B]C1C=C2NC=C(C)C(=NC3CCN(c4ccc(C#N)nn4)CC3(C)C)N2N1C. The smallest absolute Gasteiger partial charge is 0.163 e. The van der Waals surface area contributed by atoms with Gasteiger partial charge in [-0.2, -0.15) is 5.26 Å². The third-order valence-corrected chi connectivity index (χ3v) is 5.83. The van der Waals surface area contributed by atoms with E-state index in [4.69, 9.17) is 18.1 Å². The number of nitrogens with zero attached hydrogens (tertiary/aromatic N) is 7. The van der Waals surface area contributed by atoms with Crippen molar-refractivity contribution in [1.29, 1.82) is 5.26 Å². The average molecular weight is 388 g/mol. The molecule has 1 aromatic rings. The van der Waals surface area contributed by atoms with Gasteiger partial charge in [0.25, 0.3) is 0 Å². The third-order valence-electron chi connectivity index (χ3n) is 5.83. The molecule has 2 unspecified atom stereocenters. The van der Waals surface area contributed by atoms with E-state index in [2.05, 4.69) is 46.2 Å². The summed E-state index contributed by atoms with van der Waals surface area (Å²) in [6.07, 6.45) is 4.89. The monoisotopic (exact) mass is 388 g/mol. The molecular weight excluding hydrogens is 363 g/mol. The maximum atomic E-state index is 8.92. The molecule has 3 aliphatic rings. The fourth-order valence-electron chi connectivity index (χ4n) is 4.07. The maximum absolute atomic E-state index is 8.92. The van der Waals surface area contributed by atoms with Gasteiger partial charge >= 0.3 is 0 Å². The number of piperidine rings is 1. The number of anilines is 1. The molecule has 2 radical (unpaired) electrons. The van der Waals surface area contributed by atoms with E-state index in [0.717, 1.165) is 42.6 Å². The van der Waals surface area contributed by atoms with Gasteiger partial charge in [-0.15, -0.1) is 10.2 Å². The number of likely N-dealkylation sites (N-methyl/N-ethyl adjacent to an activating group) is 1. The fourth-order valence-corrected chi connectivity index (χ4v) is 4.07. The second-order valence-electron chi connectivity index (χ2n) is 8.46. The Morgan fingerprint density at radius 3 is 2.79 bits per heavy atom. The molecule has 8 nitrogen and oxygen atoms in total. The first-order valence-electron chi connectivity index (χ1n) is 9.81. The van der Waals surface area contributed by atoms with Gasteiger partial charge in [-0.25, -0.2) is 10.0 Å². The molecule has 4 rings (SSSR count). The van der Waals surface area contributed by atoms with E-state index in [1.165, 1.54) is 0 Å². The Bertz CT molecular complexity index is 927. The summed E-state index contributed by atoms with van der Waals surface area (Å²) in [6.45, 7) is 8.19. The predicted octanol–water partition coefficient (Wildman–Crippen LogP) is 1.36. The number of hydrogen-bond donors (Lipinski definition) is 1. The van der Waals surface area contributed by atoms with Gasteiger partial charge in [0.15, 0.2) is 11.5 Å². The summed E-state index contributed by atoms with van der Waals surface area (Å²) in [5.41, 5.74) is 1.36. The number of aromatic nitrogens is 2. The first-order valence-corrected chi connectivity index (χ1v) is 9.81. The van der Waals surface area contributed by atoms with Crippen LogP contribution in [0.5, 0.6) is 0 Å². The third kappa shape index (κ3) is 3.49. The van der Waals surface area contributed by atoms with Crippen LogP contribution in [0.1, 0.15) is 32.9 Å². The molecule has 1 saturated heterocycles. The molecule has 0 amide bonds. The van der Waals surface area contributed by atoms with E-state index in [9.17, 15) is 0 Å². The standard InChI is InChI=1S/C20H25BN8/c1-13-11-23-18-9-16(21)27(4)29(18)19(13)24-15-7-8-28(12-20(15,2)3)17-6-5-14(10-22)25-26-17/h5-6,9,11,15-16,23H,7-8,12H2,1-4H3. The van der Waals surface area contributed by atoms with Crippen LogP contribution < -0.4 is 10.2 Å². The van der Waals surface area contributed by atoms with Gasteiger partial charge in [-0.1, -0.05) is 13.8 Å². The lowest BCUT2D eigenvalue weighted by molar-refractivity contribution is 0.129. The van der Waals surface area contributed by atoms with Crippen molar-refractivity contribution in [2.24, 2.45) is 10.4 Å². The highest BCUT2D eigenvalue weighted by Crippen LogP contribution is 2.35. The van der Waals surface area contributed by atoms with Crippen LogP contribution in [-0.4, -0.2) is 66.0 Å². The highest BCUT2D eigenvalue weighted by atomic mass is 15.7. The van der Waals surface area contributed by atoms with Gasteiger partial charge < -0.3 is 10.2 Å². The highest BCUT2D eigenvalue weighted by molar-refractivity contribution is 6.14. The number of amidine groups is 1.